The summed E-state index contributed by atoms with van der Waals surface area (Å²) < 4.78 is 31.5. The summed E-state index contributed by atoms with van der Waals surface area (Å²) in [5, 5.41) is 3.12. The van der Waals surface area contributed by atoms with Crippen molar-refractivity contribution < 1.29 is 18.3 Å². The summed E-state index contributed by atoms with van der Waals surface area (Å²) in [6.45, 7) is 4.09. The third-order valence-corrected chi connectivity index (χ3v) is 7.32. The number of nitrogens with one attached hydrogen (secondary N) is 1. The van der Waals surface area contributed by atoms with Crippen LogP contribution in [0.15, 0.2) is 48.5 Å². The molecule has 1 saturated heterocycles. The van der Waals surface area contributed by atoms with Crippen LogP contribution in [-0.4, -0.2) is 31.5 Å². The number of benzene rings is 2. The Balaban J connectivity index is 1.10. The number of hydrogen-bond donors (Lipinski definition) is 1. The van der Waals surface area contributed by atoms with Crippen molar-refractivity contribution in [1.82, 2.24) is 5.32 Å². The maximum atomic E-state index is 13.0. The fourth-order valence-electron chi connectivity index (χ4n) is 4.69. The number of ether oxygens (including phenoxy) is 1. The van der Waals surface area contributed by atoms with Gasteiger partial charge in [0.25, 0.3) is 5.92 Å². The largest absolute Gasteiger partial charge is 0.493 e. The maximum Gasteiger partial charge on any atom is 0.255 e. The van der Waals surface area contributed by atoms with Gasteiger partial charge in [-0.05, 0) is 73.9 Å². The Kier molecular flexibility index (Phi) is 6.02. The molecule has 1 N–H and O–H groups in total. The maximum absolute atomic E-state index is 13.0. The quantitative estimate of drug-likeness (QED) is 0.557. The number of hydrogen-bond acceptors (Lipinski definition) is 3. The minimum atomic E-state index is -2.53. The number of anilines is 1. The highest BCUT2D eigenvalue weighted by atomic mass is 19.3. The molecule has 0 aromatic heterocycles. The Labute approximate surface area is 194 Å². The van der Waals surface area contributed by atoms with E-state index in [1.54, 1.807) is 0 Å². The molecule has 1 amide bonds. The monoisotopic (exact) mass is 454 g/mol. The van der Waals surface area contributed by atoms with Gasteiger partial charge in [-0.1, -0.05) is 24.3 Å². The molecule has 3 aliphatic rings. The number of halogens is 2. The molecular weight excluding hydrogens is 422 g/mol. The molecule has 0 spiro atoms. The van der Waals surface area contributed by atoms with Crippen molar-refractivity contribution in [2.45, 2.75) is 56.9 Å². The fourth-order valence-corrected chi connectivity index (χ4v) is 4.69. The van der Waals surface area contributed by atoms with Gasteiger partial charge in [-0.2, -0.15) is 0 Å². The average Bonchev–Trinajstić information content (AvgIpc) is 3.75. The first-order valence-corrected chi connectivity index (χ1v) is 12.1. The molecule has 2 aromatic carbocycles. The van der Waals surface area contributed by atoms with E-state index >= 15 is 0 Å². The van der Waals surface area contributed by atoms with Crippen molar-refractivity contribution in [2.75, 3.05) is 24.6 Å². The first-order chi connectivity index (χ1) is 15.9. The topological polar surface area (TPSA) is 41.6 Å². The second-order valence-electron chi connectivity index (χ2n) is 9.90. The van der Waals surface area contributed by atoms with Crippen LogP contribution >= 0.6 is 0 Å². The molecule has 33 heavy (non-hydrogen) atoms. The van der Waals surface area contributed by atoms with Gasteiger partial charge >= 0.3 is 0 Å². The highest BCUT2D eigenvalue weighted by molar-refractivity contribution is 5.81. The molecule has 0 radical (unpaired) electrons. The zero-order valence-electron chi connectivity index (χ0n) is 19.1. The van der Waals surface area contributed by atoms with Crippen molar-refractivity contribution in [2.24, 2.45) is 11.8 Å². The van der Waals surface area contributed by atoms with E-state index in [-0.39, 0.29) is 30.9 Å². The van der Waals surface area contributed by atoms with E-state index in [1.807, 2.05) is 31.2 Å². The lowest BCUT2D eigenvalue weighted by molar-refractivity contribution is -0.122. The minimum Gasteiger partial charge on any atom is -0.493 e. The summed E-state index contributed by atoms with van der Waals surface area (Å²) in [5.74, 6) is -1.56. The smallest absolute Gasteiger partial charge is 0.255 e. The second kappa shape index (κ2) is 8.96. The normalized spacial score (nSPS) is 23.1. The standard InChI is InChI=1S/C27H32F2N2O2/c1-18(30-26(32)22-6-7-22)19-2-4-20(5-3-19)21-12-14-31(15-13-21)24-8-10-25(11-9-24)33-17-23-16-27(23,28)29/h2-5,8-11,18,21-23H,6-7,12-17H2,1H3,(H,30,32)/t18-,23?/m0/s1. The Bertz CT molecular complexity index is 965. The summed E-state index contributed by atoms with van der Waals surface area (Å²) in [5.41, 5.74) is 3.66. The van der Waals surface area contributed by atoms with E-state index in [0.717, 1.165) is 50.0 Å². The molecule has 3 fully saturated rings. The highest BCUT2D eigenvalue weighted by Crippen LogP contribution is 2.48. The number of carbonyl (C=O) groups is 1. The molecule has 176 valence electrons. The van der Waals surface area contributed by atoms with Gasteiger partial charge in [0.1, 0.15) is 5.75 Å². The summed E-state index contributed by atoms with van der Waals surface area (Å²) in [6, 6.07) is 16.6. The zero-order chi connectivity index (χ0) is 23.0. The van der Waals surface area contributed by atoms with Gasteiger partial charge < -0.3 is 15.0 Å². The fraction of sp³-hybridized carbons (Fsp3) is 0.519. The molecule has 4 nitrogen and oxygen atoms in total. The second-order valence-corrected chi connectivity index (χ2v) is 9.90. The molecule has 2 saturated carbocycles. The van der Waals surface area contributed by atoms with E-state index < -0.39 is 11.8 Å². The Morgan fingerprint density at radius 3 is 2.27 bits per heavy atom. The van der Waals surface area contributed by atoms with Gasteiger partial charge in [0.15, 0.2) is 0 Å². The van der Waals surface area contributed by atoms with Crippen molar-refractivity contribution in [3.05, 3.63) is 59.7 Å². The van der Waals surface area contributed by atoms with E-state index in [9.17, 15) is 13.6 Å². The lowest BCUT2D eigenvalue weighted by Gasteiger charge is -2.34. The molecule has 2 atom stereocenters. The first kappa shape index (κ1) is 22.2. The van der Waals surface area contributed by atoms with Gasteiger partial charge in [-0.15, -0.1) is 0 Å². The molecule has 5 rings (SSSR count). The van der Waals surface area contributed by atoms with Crippen LogP contribution in [-0.2, 0) is 4.79 Å². The average molecular weight is 455 g/mol. The van der Waals surface area contributed by atoms with Crippen molar-refractivity contribution in [1.29, 1.82) is 0 Å². The molecule has 0 bridgehead atoms. The van der Waals surface area contributed by atoms with Crippen LogP contribution in [0.4, 0.5) is 14.5 Å². The van der Waals surface area contributed by atoms with Crippen molar-refractivity contribution in [3.8, 4) is 5.75 Å². The van der Waals surface area contributed by atoms with Crippen LogP contribution in [0.3, 0.4) is 0 Å². The van der Waals surface area contributed by atoms with Crippen LogP contribution in [0.1, 0.15) is 62.1 Å². The third-order valence-electron chi connectivity index (χ3n) is 7.32. The number of nitrogens with zero attached hydrogens (tertiary/aromatic N) is 1. The third kappa shape index (κ3) is 5.31. The van der Waals surface area contributed by atoms with Gasteiger partial charge in [-0.25, -0.2) is 8.78 Å². The van der Waals surface area contributed by atoms with E-state index in [0.29, 0.717) is 11.7 Å². The van der Waals surface area contributed by atoms with Crippen LogP contribution < -0.4 is 15.0 Å². The summed E-state index contributed by atoms with van der Waals surface area (Å²) >= 11 is 0. The molecule has 1 heterocycles. The lowest BCUT2D eigenvalue weighted by Crippen LogP contribution is -2.32. The Hall–Kier alpha value is -2.63. The molecule has 1 unspecified atom stereocenters. The first-order valence-electron chi connectivity index (χ1n) is 12.1. The number of alkyl halides is 2. The van der Waals surface area contributed by atoms with E-state index in [2.05, 4.69) is 34.5 Å². The predicted octanol–water partition coefficient (Wildman–Crippen LogP) is 5.69. The van der Waals surface area contributed by atoms with E-state index in [1.165, 1.54) is 5.56 Å². The lowest BCUT2D eigenvalue weighted by atomic mass is 9.88. The highest BCUT2D eigenvalue weighted by Gasteiger charge is 2.57. The van der Waals surface area contributed by atoms with Gasteiger partial charge in [0.05, 0.1) is 18.6 Å². The molecule has 1 aliphatic heterocycles. The van der Waals surface area contributed by atoms with Crippen LogP contribution in [0, 0.1) is 11.8 Å². The summed E-state index contributed by atoms with van der Waals surface area (Å²) in [7, 11) is 0. The Morgan fingerprint density at radius 2 is 1.70 bits per heavy atom. The van der Waals surface area contributed by atoms with E-state index in [4.69, 9.17) is 4.74 Å². The summed E-state index contributed by atoms with van der Waals surface area (Å²) in [6.07, 6.45) is 4.16. The van der Waals surface area contributed by atoms with Crippen molar-refractivity contribution >= 4 is 11.6 Å². The Morgan fingerprint density at radius 1 is 1.06 bits per heavy atom. The van der Waals surface area contributed by atoms with Crippen LogP contribution in [0.25, 0.3) is 0 Å². The molecule has 2 aromatic rings. The zero-order valence-corrected chi connectivity index (χ0v) is 19.1. The number of amides is 1. The number of rotatable bonds is 8. The van der Waals surface area contributed by atoms with Gasteiger partial charge in [0, 0.05) is 31.1 Å². The molecular formula is C27H32F2N2O2. The molecule has 6 heteroatoms. The SMILES string of the molecule is C[C@H](NC(=O)C1CC1)c1ccc(C2CCN(c3ccc(OCC4CC4(F)F)cc3)CC2)cc1. The minimum absolute atomic E-state index is 0.0433. The van der Waals surface area contributed by atoms with Crippen molar-refractivity contribution in [3.63, 3.8) is 0 Å². The molecule has 2 aliphatic carbocycles. The summed E-state index contributed by atoms with van der Waals surface area (Å²) in [4.78, 5) is 14.4. The number of carbonyl (C=O) groups excluding carboxylic acids is 1. The van der Waals surface area contributed by atoms with Gasteiger partial charge in [0.2, 0.25) is 5.91 Å². The number of piperidine rings is 1. The van der Waals surface area contributed by atoms with Crippen LogP contribution in [0.2, 0.25) is 0 Å². The van der Waals surface area contributed by atoms with Crippen LogP contribution in [0.5, 0.6) is 5.75 Å². The predicted molar refractivity (Wildman–Crippen MR) is 125 cm³/mol. The van der Waals surface area contributed by atoms with Gasteiger partial charge in [-0.3, -0.25) is 4.79 Å².